The van der Waals surface area contributed by atoms with E-state index in [0.717, 1.165) is 23.9 Å². The summed E-state index contributed by atoms with van der Waals surface area (Å²) in [4.78, 5) is 23.0. The summed E-state index contributed by atoms with van der Waals surface area (Å²) >= 11 is 0. The molecule has 30 heavy (non-hydrogen) atoms. The molecule has 1 aromatic carbocycles. The number of aromatic nitrogens is 4. The van der Waals surface area contributed by atoms with Crippen LogP contribution in [0.4, 0.5) is 10.2 Å². The summed E-state index contributed by atoms with van der Waals surface area (Å²) in [6.45, 7) is 1.10. The van der Waals surface area contributed by atoms with Crippen LogP contribution in [0.2, 0.25) is 0 Å². The van der Waals surface area contributed by atoms with Crippen LogP contribution < -0.4 is 5.32 Å². The predicted molar refractivity (Wildman–Crippen MR) is 114 cm³/mol. The fourth-order valence-corrected chi connectivity index (χ4v) is 4.31. The Labute approximate surface area is 172 Å². The maximum atomic E-state index is 13.7. The van der Waals surface area contributed by atoms with E-state index in [1.807, 2.05) is 6.07 Å². The first kappa shape index (κ1) is 18.7. The molecule has 0 radical (unpaired) electrons. The summed E-state index contributed by atoms with van der Waals surface area (Å²) in [5.74, 6) is -0.379. The third-order valence-electron chi connectivity index (χ3n) is 5.96. The van der Waals surface area contributed by atoms with E-state index in [2.05, 4.69) is 38.4 Å². The molecule has 1 fully saturated rings. The van der Waals surface area contributed by atoms with Gasteiger partial charge in [0.1, 0.15) is 5.82 Å². The maximum absolute atomic E-state index is 13.7. The molecule has 5 rings (SSSR count). The number of nitrogens with one attached hydrogen (secondary N) is 2. The Bertz CT molecular complexity index is 1260. The van der Waals surface area contributed by atoms with E-state index in [-0.39, 0.29) is 5.91 Å². The molecular weight excluding hydrogens is 383 g/mol. The highest BCUT2D eigenvalue weighted by Gasteiger charge is 2.22. The SMILES string of the molecule is CN1CCCC[C@@H]1c1cc2cnc(NC(=O)c3ccc4c(F)nn(C)c4c3)cc2[nH]1. The summed E-state index contributed by atoms with van der Waals surface area (Å²) in [5, 5.41) is 8.00. The molecule has 0 unspecified atom stereocenters. The standard InChI is InChI=1S/C22H23FN6O/c1-28-8-4-3-5-18(28)17-9-14-12-24-20(11-16(14)25-17)26-22(30)13-6-7-15-19(10-13)29(2)27-21(15)23/h6-7,9-12,18,25H,3-5,8H2,1-2H3,(H,24,26,30)/t18-/m1/s1. The van der Waals surface area contributed by atoms with Gasteiger partial charge in [-0.2, -0.15) is 4.39 Å². The van der Waals surface area contributed by atoms with Crippen molar-refractivity contribution < 1.29 is 9.18 Å². The number of anilines is 1. The minimum Gasteiger partial charge on any atom is -0.357 e. The molecule has 7 nitrogen and oxygen atoms in total. The quantitative estimate of drug-likeness (QED) is 0.539. The molecule has 8 heteroatoms. The number of amides is 1. The number of pyridine rings is 1. The van der Waals surface area contributed by atoms with Crippen molar-refractivity contribution >= 4 is 33.5 Å². The van der Waals surface area contributed by atoms with Crippen molar-refractivity contribution in [2.24, 2.45) is 7.05 Å². The third kappa shape index (κ3) is 3.23. The highest BCUT2D eigenvalue weighted by Crippen LogP contribution is 2.31. The molecule has 1 amide bonds. The lowest BCUT2D eigenvalue weighted by Crippen LogP contribution is -2.29. The van der Waals surface area contributed by atoms with Crippen LogP contribution in [-0.2, 0) is 7.05 Å². The first-order valence-electron chi connectivity index (χ1n) is 10.1. The van der Waals surface area contributed by atoms with Crippen LogP contribution in [0.5, 0.6) is 0 Å². The lowest BCUT2D eigenvalue weighted by atomic mass is 10.0. The second-order valence-corrected chi connectivity index (χ2v) is 7.97. The molecule has 0 spiro atoms. The first-order valence-corrected chi connectivity index (χ1v) is 10.1. The second-order valence-electron chi connectivity index (χ2n) is 7.97. The maximum Gasteiger partial charge on any atom is 0.256 e. The summed E-state index contributed by atoms with van der Waals surface area (Å²) in [5.41, 5.74) is 3.11. The van der Waals surface area contributed by atoms with Crippen LogP contribution in [-0.4, -0.2) is 44.1 Å². The summed E-state index contributed by atoms with van der Waals surface area (Å²) < 4.78 is 15.2. The number of benzene rings is 1. The zero-order chi connectivity index (χ0) is 20.8. The van der Waals surface area contributed by atoms with Crippen molar-refractivity contribution in [3.05, 3.63) is 53.7 Å². The highest BCUT2D eigenvalue weighted by molar-refractivity contribution is 6.06. The number of aryl methyl sites for hydroxylation is 1. The number of H-pyrrole nitrogens is 1. The number of hydrogen-bond acceptors (Lipinski definition) is 4. The number of likely N-dealkylation sites (tertiary alicyclic amines) is 1. The third-order valence-corrected chi connectivity index (χ3v) is 5.96. The molecule has 4 aromatic rings. The van der Waals surface area contributed by atoms with Gasteiger partial charge in [0.05, 0.1) is 16.4 Å². The van der Waals surface area contributed by atoms with Crippen LogP contribution in [0.15, 0.2) is 36.5 Å². The van der Waals surface area contributed by atoms with Crippen LogP contribution in [0, 0.1) is 5.95 Å². The van der Waals surface area contributed by atoms with Crippen molar-refractivity contribution in [1.29, 1.82) is 0 Å². The van der Waals surface area contributed by atoms with Gasteiger partial charge in [-0.3, -0.25) is 14.4 Å². The number of nitrogens with zero attached hydrogens (tertiary/aromatic N) is 4. The largest absolute Gasteiger partial charge is 0.357 e. The minimum absolute atomic E-state index is 0.302. The van der Waals surface area contributed by atoms with Crippen molar-refractivity contribution in [1.82, 2.24) is 24.6 Å². The summed E-state index contributed by atoms with van der Waals surface area (Å²) in [7, 11) is 3.80. The lowest BCUT2D eigenvalue weighted by Gasteiger charge is -2.31. The number of hydrogen-bond donors (Lipinski definition) is 2. The van der Waals surface area contributed by atoms with E-state index in [9.17, 15) is 9.18 Å². The molecule has 2 N–H and O–H groups in total. The van der Waals surface area contributed by atoms with Crippen molar-refractivity contribution in [3.63, 3.8) is 0 Å². The Hall–Kier alpha value is -3.26. The molecule has 0 aliphatic carbocycles. The molecule has 154 valence electrons. The topological polar surface area (TPSA) is 78.8 Å². The Kier molecular flexibility index (Phi) is 4.51. The second kappa shape index (κ2) is 7.21. The smallest absolute Gasteiger partial charge is 0.256 e. The van der Waals surface area contributed by atoms with E-state index in [1.54, 1.807) is 31.4 Å². The number of fused-ring (bicyclic) bond motifs is 2. The van der Waals surface area contributed by atoms with Crippen LogP contribution >= 0.6 is 0 Å². The lowest BCUT2D eigenvalue weighted by molar-refractivity contribution is 0.102. The highest BCUT2D eigenvalue weighted by atomic mass is 19.1. The molecule has 1 atom stereocenters. The van der Waals surface area contributed by atoms with Gasteiger partial charge in [-0.05, 0) is 50.7 Å². The number of halogens is 1. The fraction of sp³-hybridized carbons (Fsp3) is 0.318. The number of carbonyl (C=O) groups excluding carboxylic acids is 1. The molecule has 0 bridgehead atoms. The monoisotopic (exact) mass is 406 g/mol. The Balaban J connectivity index is 1.39. The van der Waals surface area contributed by atoms with E-state index >= 15 is 0 Å². The van der Waals surface area contributed by atoms with Gasteiger partial charge in [-0.25, -0.2) is 4.98 Å². The van der Waals surface area contributed by atoms with Gasteiger partial charge in [0.15, 0.2) is 0 Å². The van der Waals surface area contributed by atoms with Crippen LogP contribution in [0.3, 0.4) is 0 Å². The Morgan fingerprint density at radius 2 is 2.10 bits per heavy atom. The average molecular weight is 406 g/mol. The zero-order valence-corrected chi connectivity index (χ0v) is 16.9. The van der Waals surface area contributed by atoms with Gasteiger partial charge in [0, 0.05) is 42.0 Å². The van der Waals surface area contributed by atoms with Crippen LogP contribution in [0.1, 0.15) is 41.4 Å². The fourth-order valence-electron chi connectivity index (χ4n) is 4.31. The number of carbonyl (C=O) groups is 1. The van der Waals surface area contributed by atoms with Gasteiger partial charge in [0.25, 0.3) is 5.91 Å². The van der Waals surface area contributed by atoms with Crippen molar-refractivity contribution in [3.8, 4) is 0 Å². The Morgan fingerprint density at radius 1 is 1.23 bits per heavy atom. The molecule has 1 aliphatic heterocycles. The van der Waals surface area contributed by atoms with Crippen molar-refractivity contribution in [2.45, 2.75) is 25.3 Å². The minimum atomic E-state index is -0.544. The first-order chi connectivity index (χ1) is 14.5. The van der Waals surface area contributed by atoms with E-state index in [4.69, 9.17) is 0 Å². The number of piperidine rings is 1. The molecule has 1 saturated heterocycles. The van der Waals surface area contributed by atoms with E-state index in [0.29, 0.717) is 28.3 Å². The molecular formula is C22H23FN6O. The Morgan fingerprint density at radius 3 is 2.93 bits per heavy atom. The average Bonchev–Trinajstić information content (AvgIpc) is 3.28. The summed E-state index contributed by atoms with van der Waals surface area (Å²) in [6, 6.07) is 9.17. The van der Waals surface area contributed by atoms with Gasteiger partial charge in [-0.1, -0.05) is 6.42 Å². The van der Waals surface area contributed by atoms with Gasteiger partial charge >= 0.3 is 0 Å². The van der Waals surface area contributed by atoms with Gasteiger partial charge < -0.3 is 10.3 Å². The molecule has 4 heterocycles. The molecule has 1 aliphatic rings. The van der Waals surface area contributed by atoms with Crippen LogP contribution in [0.25, 0.3) is 21.8 Å². The zero-order valence-electron chi connectivity index (χ0n) is 16.9. The van der Waals surface area contributed by atoms with E-state index < -0.39 is 5.95 Å². The normalized spacial score (nSPS) is 17.6. The van der Waals surface area contributed by atoms with E-state index in [1.165, 1.54) is 23.2 Å². The van der Waals surface area contributed by atoms with Gasteiger partial charge in [0.2, 0.25) is 5.95 Å². The molecule has 3 aromatic heterocycles. The summed E-state index contributed by atoms with van der Waals surface area (Å²) in [6.07, 6.45) is 5.38. The predicted octanol–water partition coefficient (Wildman–Crippen LogP) is 4.00. The molecule has 0 saturated carbocycles. The van der Waals surface area contributed by atoms with Gasteiger partial charge in [-0.15, -0.1) is 5.10 Å². The number of rotatable bonds is 3. The number of aromatic amines is 1. The van der Waals surface area contributed by atoms with Crippen molar-refractivity contribution in [2.75, 3.05) is 18.9 Å².